The van der Waals surface area contributed by atoms with Crippen molar-refractivity contribution in [3.8, 4) is 0 Å². The maximum atomic E-state index is 10.5. The topological polar surface area (TPSA) is 56.3 Å². The van der Waals surface area contributed by atoms with Crippen molar-refractivity contribution in [1.29, 1.82) is 0 Å². The van der Waals surface area contributed by atoms with Gasteiger partial charge in [-0.2, -0.15) is 0 Å². The lowest BCUT2D eigenvalue weighted by Crippen LogP contribution is -2.20. The fourth-order valence-electron chi connectivity index (χ4n) is 2.39. The minimum absolute atomic E-state index is 0.233. The number of nitrogens with zero attached hydrogens (tertiary/aromatic N) is 1. The van der Waals surface area contributed by atoms with E-state index >= 15 is 0 Å². The normalized spacial score (nSPS) is 11.3. The number of aromatic nitrogens is 1. The standard InChI is InChI=1S/C15H20N2O2/c1-11-13(10-17(2)9-5-8-15(18)19)12-6-3-4-7-14(12)16-11/h3-4,6-7,16H,5,8-10H2,1-2H3,(H,18,19). The van der Waals surface area contributed by atoms with Gasteiger partial charge in [0.25, 0.3) is 0 Å². The predicted octanol–water partition coefficient (Wildman–Crippen LogP) is 2.77. The van der Waals surface area contributed by atoms with Crippen molar-refractivity contribution in [2.75, 3.05) is 13.6 Å². The molecule has 2 aromatic rings. The third kappa shape index (κ3) is 3.35. The van der Waals surface area contributed by atoms with Crippen molar-refractivity contribution in [2.24, 2.45) is 0 Å². The summed E-state index contributed by atoms with van der Waals surface area (Å²) in [4.78, 5) is 16.1. The first kappa shape index (κ1) is 13.6. The van der Waals surface area contributed by atoms with Crippen molar-refractivity contribution in [3.63, 3.8) is 0 Å². The van der Waals surface area contributed by atoms with E-state index < -0.39 is 5.97 Å². The van der Waals surface area contributed by atoms with Gasteiger partial charge in [0.2, 0.25) is 0 Å². The Morgan fingerprint density at radius 3 is 2.84 bits per heavy atom. The fourth-order valence-corrected chi connectivity index (χ4v) is 2.39. The lowest BCUT2D eigenvalue weighted by Gasteiger charge is -2.16. The molecule has 0 radical (unpaired) electrons. The van der Waals surface area contributed by atoms with E-state index in [2.05, 4.69) is 28.9 Å². The van der Waals surface area contributed by atoms with Crippen molar-refractivity contribution in [2.45, 2.75) is 26.3 Å². The average Bonchev–Trinajstić information content (AvgIpc) is 2.66. The quantitative estimate of drug-likeness (QED) is 0.839. The summed E-state index contributed by atoms with van der Waals surface area (Å²) in [7, 11) is 2.03. The highest BCUT2D eigenvalue weighted by atomic mass is 16.4. The molecule has 0 atom stereocenters. The molecule has 0 aliphatic rings. The van der Waals surface area contributed by atoms with Crippen molar-refractivity contribution < 1.29 is 9.90 Å². The van der Waals surface area contributed by atoms with Gasteiger partial charge in [0, 0.05) is 29.6 Å². The summed E-state index contributed by atoms with van der Waals surface area (Å²) in [6.45, 7) is 3.72. The van der Waals surface area contributed by atoms with Crippen LogP contribution in [0.2, 0.25) is 0 Å². The highest BCUT2D eigenvalue weighted by Gasteiger charge is 2.10. The molecule has 0 fully saturated rings. The molecule has 0 spiro atoms. The van der Waals surface area contributed by atoms with Gasteiger partial charge in [-0.1, -0.05) is 18.2 Å². The Balaban J connectivity index is 2.04. The third-order valence-electron chi connectivity index (χ3n) is 3.39. The van der Waals surface area contributed by atoms with Crippen molar-refractivity contribution in [3.05, 3.63) is 35.5 Å². The molecule has 1 aromatic carbocycles. The first-order valence-corrected chi connectivity index (χ1v) is 6.54. The number of carboxylic acid groups (broad SMARTS) is 1. The zero-order chi connectivity index (χ0) is 13.8. The van der Waals surface area contributed by atoms with Crippen LogP contribution in [-0.4, -0.2) is 34.6 Å². The molecule has 2 rings (SSSR count). The minimum atomic E-state index is -0.725. The van der Waals surface area contributed by atoms with E-state index in [0.29, 0.717) is 6.42 Å². The molecule has 0 amide bonds. The van der Waals surface area contributed by atoms with Gasteiger partial charge in [-0.25, -0.2) is 0 Å². The second kappa shape index (κ2) is 5.89. The maximum absolute atomic E-state index is 10.5. The second-order valence-corrected chi connectivity index (χ2v) is 5.01. The van der Waals surface area contributed by atoms with Crippen LogP contribution in [0.3, 0.4) is 0 Å². The smallest absolute Gasteiger partial charge is 0.303 e. The third-order valence-corrected chi connectivity index (χ3v) is 3.39. The number of carboxylic acids is 1. The van der Waals surface area contributed by atoms with E-state index in [1.165, 1.54) is 16.6 Å². The molecule has 2 N–H and O–H groups in total. The molecule has 102 valence electrons. The summed E-state index contributed by atoms with van der Waals surface area (Å²) in [6, 6.07) is 8.28. The van der Waals surface area contributed by atoms with Crippen molar-refractivity contribution in [1.82, 2.24) is 9.88 Å². The molecule has 4 heteroatoms. The minimum Gasteiger partial charge on any atom is -0.481 e. The van der Waals surface area contributed by atoms with Gasteiger partial charge in [0.15, 0.2) is 0 Å². The lowest BCUT2D eigenvalue weighted by atomic mass is 10.1. The first-order valence-electron chi connectivity index (χ1n) is 6.54. The Labute approximate surface area is 113 Å². The number of rotatable bonds is 6. The van der Waals surface area contributed by atoms with Crippen LogP contribution in [0.4, 0.5) is 0 Å². The van der Waals surface area contributed by atoms with Gasteiger partial charge in [-0.3, -0.25) is 4.79 Å². The first-order chi connectivity index (χ1) is 9.08. The van der Waals surface area contributed by atoms with Crippen LogP contribution < -0.4 is 0 Å². The molecule has 1 aromatic heterocycles. The monoisotopic (exact) mass is 260 g/mol. The van der Waals surface area contributed by atoms with Gasteiger partial charge >= 0.3 is 5.97 Å². The van der Waals surface area contributed by atoms with Gasteiger partial charge in [0.1, 0.15) is 0 Å². The fraction of sp³-hybridized carbons (Fsp3) is 0.400. The average molecular weight is 260 g/mol. The van der Waals surface area contributed by atoms with Crippen LogP contribution in [0.15, 0.2) is 24.3 Å². The van der Waals surface area contributed by atoms with E-state index in [1.54, 1.807) is 0 Å². The molecular weight excluding hydrogens is 240 g/mol. The van der Waals surface area contributed by atoms with Crippen LogP contribution in [0, 0.1) is 6.92 Å². The van der Waals surface area contributed by atoms with Crippen LogP contribution in [0.5, 0.6) is 0 Å². The number of para-hydroxylation sites is 1. The lowest BCUT2D eigenvalue weighted by molar-refractivity contribution is -0.137. The number of benzene rings is 1. The molecule has 0 saturated heterocycles. The number of hydrogen-bond acceptors (Lipinski definition) is 2. The maximum Gasteiger partial charge on any atom is 0.303 e. The Hall–Kier alpha value is -1.81. The van der Waals surface area contributed by atoms with Gasteiger partial charge < -0.3 is 15.0 Å². The molecule has 0 aliphatic carbocycles. The molecule has 0 bridgehead atoms. The zero-order valence-electron chi connectivity index (χ0n) is 11.4. The Bertz CT molecular complexity index is 575. The highest BCUT2D eigenvalue weighted by molar-refractivity contribution is 5.84. The van der Waals surface area contributed by atoms with E-state index in [-0.39, 0.29) is 6.42 Å². The number of aromatic amines is 1. The summed E-state index contributed by atoms with van der Waals surface area (Å²) in [5, 5.41) is 9.90. The number of fused-ring (bicyclic) bond motifs is 1. The largest absolute Gasteiger partial charge is 0.481 e. The molecule has 0 saturated carbocycles. The molecule has 1 heterocycles. The number of hydrogen-bond donors (Lipinski definition) is 2. The zero-order valence-corrected chi connectivity index (χ0v) is 11.4. The molecule has 4 nitrogen and oxygen atoms in total. The van der Waals surface area contributed by atoms with Crippen molar-refractivity contribution >= 4 is 16.9 Å². The number of nitrogens with one attached hydrogen (secondary N) is 1. The molecule has 0 aliphatic heterocycles. The SMILES string of the molecule is Cc1[nH]c2ccccc2c1CN(C)CCCC(=O)O. The Morgan fingerprint density at radius 1 is 1.37 bits per heavy atom. The summed E-state index contributed by atoms with van der Waals surface area (Å²) < 4.78 is 0. The summed E-state index contributed by atoms with van der Waals surface area (Å²) in [5.74, 6) is -0.725. The summed E-state index contributed by atoms with van der Waals surface area (Å²) in [6.07, 6.45) is 0.921. The molecule has 19 heavy (non-hydrogen) atoms. The Morgan fingerprint density at radius 2 is 2.11 bits per heavy atom. The number of carbonyl (C=O) groups is 1. The van der Waals surface area contributed by atoms with E-state index in [9.17, 15) is 4.79 Å². The number of H-pyrrole nitrogens is 1. The van der Waals surface area contributed by atoms with Crippen LogP contribution in [0.25, 0.3) is 10.9 Å². The van der Waals surface area contributed by atoms with E-state index in [0.717, 1.165) is 18.6 Å². The van der Waals surface area contributed by atoms with Crippen LogP contribution in [-0.2, 0) is 11.3 Å². The highest BCUT2D eigenvalue weighted by Crippen LogP contribution is 2.22. The second-order valence-electron chi connectivity index (χ2n) is 5.01. The summed E-state index contributed by atoms with van der Waals surface area (Å²) in [5.41, 5.74) is 3.65. The predicted molar refractivity (Wildman–Crippen MR) is 76.2 cm³/mol. The number of aliphatic carboxylic acids is 1. The molecular formula is C15H20N2O2. The van der Waals surface area contributed by atoms with E-state index in [4.69, 9.17) is 5.11 Å². The molecule has 0 unspecified atom stereocenters. The van der Waals surface area contributed by atoms with Crippen LogP contribution >= 0.6 is 0 Å². The van der Waals surface area contributed by atoms with Gasteiger partial charge in [-0.15, -0.1) is 0 Å². The van der Waals surface area contributed by atoms with E-state index in [1.807, 2.05) is 19.2 Å². The Kier molecular flexibility index (Phi) is 4.22. The summed E-state index contributed by atoms with van der Waals surface area (Å²) >= 11 is 0. The van der Waals surface area contributed by atoms with Gasteiger partial charge in [0.05, 0.1) is 0 Å². The van der Waals surface area contributed by atoms with Gasteiger partial charge in [-0.05, 0) is 38.6 Å². The van der Waals surface area contributed by atoms with Crippen LogP contribution in [0.1, 0.15) is 24.1 Å². The number of aryl methyl sites for hydroxylation is 1.